The molecule has 1 aliphatic heterocycles. The average Bonchev–Trinajstić information content (AvgIpc) is 2.70. The van der Waals surface area contributed by atoms with Crippen LogP contribution in [0.4, 0.5) is 4.39 Å². The van der Waals surface area contributed by atoms with Gasteiger partial charge in [-0.05, 0) is 73.1 Å². The topological polar surface area (TPSA) is 49.8 Å². The number of hydrogen-bond acceptors (Lipinski definition) is 3. The third kappa shape index (κ3) is 5.46. The molecule has 1 heterocycles. The number of benzene rings is 2. The second-order valence-electron chi connectivity index (χ2n) is 8.32. The van der Waals surface area contributed by atoms with Gasteiger partial charge in [-0.2, -0.15) is 0 Å². The summed E-state index contributed by atoms with van der Waals surface area (Å²) in [5, 5.41) is 9.05. The van der Waals surface area contributed by atoms with Crippen molar-refractivity contribution in [2.24, 2.45) is 5.92 Å². The van der Waals surface area contributed by atoms with Gasteiger partial charge in [-0.3, -0.25) is 9.69 Å². The van der Waals surface area contributed by atoms with Crippen molar-refractivity contribution in [2.75, 3.05) is 26.2 Å². The number of halogens is 2. The summed E-state index contributed by atoms with van der Waals surface area (Å²) < 4.78 is 19.6. The van der Waals surface area contributed by atoms with E-state index in [2.05, 4.69) is 24.0 Å². The first-order chi connectivity index (χ1) is 14.5. The van der Waals surface area contributed by atoms with E-state index < -0.39 is 5.97 Å². The van der Waals surface area contributed by atoms with Gasteiger partial charge in [-0.1, -0.05) is 29.8 Å². The lowest BCUT2D eigenvalue weighted by atomic mass is 9.85. The lowest BCUT2D eigenvalue weighted by Gasteiger charge is -2.38. The maximum atomic E-state index is 13.7. The zero-order valence-electron chi connectivity index (χ0n) is 17.8. The fourth-order valence-corrected chi connectivity index (χ4v) is 4.37. The van der Waals surface area contributed by atoms with E-state index in [0.717, 1.165) is 37.1 Å². The van der Waals surface area contributed by atoms with E-state index in [1.807, 2.05) is 18.2 Å². The number of carbonyl (C=O) groups is 1. The fourth-order valence-electron chi connectivity index (χ4n) is 4.37. The molecule has 0 aromatic heterocycles. The summed E-state index contributed by atoms with van der Waals surface area (Å²) in [6.45, 7) is 4.89. The largest absolute Gasteiger partial charge is 0.494 e. The summed E-state index contributed by atoms with van der Waals surface area (Å²) in [5.41, 5.74) is 6.02. The maximum absolute atomic E-state index is 13.7. The molecule has 0 spiro atoms. The average molecular weight is 446 g/mol. The van der Waals surface area contributed by atoms with Crippen LogP contribution < -0.4 is 4.74 Å². The minimum Gasteiger partial charge on any atom is -0.494 e. The zero-order chi connectivity index (χ0) is 21.1. The molecule has 2 aromatic carbocycles. The number of fused-ring (bicyclic) bond motifs is 1. The van der Waals surface area contributed by atoms with Crippen molar-refractivity contribution in [3.63, 3.8) is 0 Å². The summed E-state index contributed by atoms with van der Waals surface area (Å²) in [6, 6.07) is 13.2. The smallest absolute Gasteiger partial charge is 0.309 e. The van der Waals surface area contributed by atoms with Gasteiger partial charge in [0.1, 0.15) is 11.6 Å². The molecule has 4 nitrogen and oxygen atoms in total. The third-order valence-electron chi connectivity index (χ3n) is 6.25. The summed E-state index contributed by atoms with van der Waals surface area (Å²) in [7, 11) is 0. The first-order valence-corrected chi connectivity index (χ1v) is 10.6. The maximum Gasteiger partial charge on any atom is 0.309 e. The van der Waals surface area contributed by atoms with Crippen LogP contribution in [0.2, 0.25) is 0 Å². The van der Waals surface area contributed by atoms with E-state index in [-0.39, 0.29) is 24.1 Å². The Labute approximate surface area is 189 Å². The van der Waals surface area contributed by atoms with Crippen LogP contribution in [0.25, 0.3) is 5.57 Å². The van der Waals surface area contributed by atoms with Gasteiger partial charge in [0.15, 0.2) is 0 Å². The van der Waals surface area contributed by atoms with Gasteiger partial charge in [0.2, 0.25) is 0 Å². The van der Waals surface area contributed by atoms with Crippen molar-refractivity contribution in [2.45, 2.75) is 32.6 Å². The Bertz CT molecular complexity index is 969. The molecular weight excluding hydrogens is 417 g/mol. The van der Waals surface area contributed by atoms with Crippen molar-refractivity contribution < 1.29 is 19.0 Å². The van der Waals surface area contributed by atoms with Crippen molar-refractivity contribution in [1.29, 1.82) is 0 Å². The molecule has 2 aromatic rings. The normalized spacial score (nSPS) is 16.3. The number of hydrogen-bond donors (Lipinski definition) is 1. The molecule has 0 radical (unpaired) electrons. The quantitative estimate of drug-likeness (QED) is 0.581. The standard InChI is InChI=1S/C25H28FNO3.ClH/c1-17-20(14-27-15-21(16-27)25(28)29)9-8-19-13-22(10-11-23(17)19)30-12-4-6-18-5-2-3-7-24(18)26;/h2-3,5,7,10-11,13,21H,4,6,8-9,12,14-16H2,1H3,(H,28,29);1H. The fraction of sp³-hybridized carbons (Fsp3) is 0.400. The van der Waals surface area contributed by atoms with Crippen molar-refractivity contribution in [1.82, 2.24) is 4.90 Å². The first-order valence-electron chi connectivity index (χ1n) is 10.6. The lowest BCUT2D eigenvalue weighted by molar-refractivity contribution is -0.147. The number of allylic oxidation sites excluding steroid dienone is 1. The number of rotatable bonds is 8. The number of carboxylic acid groups (broad SMARTS) is 1. The highest BCUT2D eigenvalue weighted by atomic mass is 35.5. The molecule has 0 unspecified atom stereocenters. The highest BCUT2D eigenvalue weighted by Gasteiger charge is 2.33. The van der Waals surface area contributed by atoms with Gasteiger partial charge in [-0.15, -0.1) is 12.4 Å². The molecule has 31 heavy (non-hydrogen) atoms. The van der Waals surface area contributed by atoms with Crippen LogP contribution in [0, 0.1) is 11.7 Å². The molecule has 0 amide bonds. The van der Waals surface area contributed by atoms with Crippen LogP contribution in [0.1, 0.15) is 36.5 Å². The molecule has 1 N–H and O–H groups in total. The number of aliphatic carboxylic acids is 1. The molecular formula is C25H29ClFNO3. The minimum absolute atomic E-state index is 0. The van der Waals surface area contributed by atoms with Crippen LogP contribution in [0.3, 0.4) is 0 Å². The SMILES string of the molecule is CC1=C(CN2CC(C(=O)O)C2)CCc2cc(OCCCc3ccccc3F)ccc21.Cl. The molecule has 166 valence electrons. The Morgan fingerprint density at radius 1 is 1.19 bits per heavy atom. The molecule has 6 heteroatoms. The summed E-state index contributed by atoms with van der Waals surface area (Å²) in [4.78, 5) is 13.2. The molecule has 2 aliphatic rings. The van der Waals surface area contributed by atoms with Crippen LogP contribution in [-0.4, -0.2) is 42.2 Å². The molecule has 1 fully saturated rings. The summed E-state index contributed by atoms with van der Waals surface area (Å²) in [5.74, 6) is -0.182. The van der Waals surface area contributed by atoms with E-state index in [1.165, 1.54) is 28.3 Å². The van der Waals surface area contributed by atoms with Crippen molar-refractivity contribution in [3.8, 4) is 5.75 Å². The van der Waals surface area contributed by atoms with Gasteiger partial charge in [0, 0.05) is 19.6 Å². The van der Waals surface area contributed by atoms with E-state index >= 15 is 0 Å². The number of aryl methyl sites for hydroxylation is 2. The molecule has 0 atom stereocenters. The Balaban J connectivity index is 0.00000272. The van der Waals surface area contributed by atoms with Crippen molar-refractivity contribution >= 4 is 23.9 Å². The van der Waals surface area contributed by atoms with Crippen LogP contribution in [0.15, 0.2) is 48.0 Å². The van der Waals surface area contributed by atoms with E-state index in [9.17, 15) is 9.18 Å². The minimum atomic E-state index is -0.688. The van der Waals surface area contributed by atoms with Gasteiger partial charge >= 0.3 is 5.97 Å². The number of nitrogens with zero attached hydrogens (tertiary/aromatic N) is 1. The van der Waals surface area contributed by atoms with Crippen LogP contribution in [0.5, 0.6) is 5.75 Å². The Hall–Kier alpha value is -2.37. The van der Waals surface area contributed by atoms with Gasteiger partial charge in [0.25, 0.3) is 0 Å². The van der Waals surface area contributed by atoms with Gasteiger partial charge in [-0.25, -0.2) is 4.39 Å². The Morgan fingerprint density at radius 2 is 1.97 bits per heavy atom. The van der Waals surface area contributed by atoms with Crippen LogP contribution >= 0.6 is 12.4 Å². The Kier molecular flexibility index (Phi) is 7.74. The first kappa shape index (κ1) is 23.3. The number of carboxylic acids is 1. The highest BCUT2D eigenvalue weighted by molar-refractivity contribution is 5.85. The Morgan fingerprint density at radius 3 is 2.71 bits per heavy atom. The highest BCUT2D eigenvalue weighted by Crippen LogP contribution is 2.34. The summed E-state index contributed by atoms with van der Waals surface area (Å²) in [6.07, 6.45) is 3.42. The van der Waals surface area contributed by atoms with Crippen molar-refractivity contribution in [3.05, 3.63) is 70.5 Å². The predicted octanol–water partition coefficient (Wildman–Crippen LogP) is 5.00. The third-order valence-corrected chi connectivity index (χ3v) is 6.25. The second-order valence-corrected chi connectivity index (χ2v) is 8.32. The van der Waals surface area contributed by atoms with E-state index in [1.54, 1.807) is 6.07 Å². The van der Waals surface area contributed by atoms with Gasteiger partial charge in [0.05, 0.1) is 12.5 Å². The molecule has 1 aliphatic carbocycles. The second kappa shape index (κ2) is 10.3. The molecule has 0 bridgehead atoms. The lowest BCUT2D eigenvalue weighted by Crippen LogP contribution is -2.50. The molecule has 4 rings (SSSR count). The molecule has 0 saturated carbocycles. The number of ether oxygens (including phenoxy) is 1. The van der Waals surface area contributed by atoms with Gasteiger partial charge < -0.3 is 9.84 Å². The zero-order valence-corrected chi connectivity index (χ0v) is 18.6. The molecule has 1 saturated heterocycles. The predicted molar refractivity (Wildman–Crippen MR) is 122 cm³/mol. The van der Waals surface area contributed by atoms with Crippen LogP contribution in [-0.2, 0) is 17.6 Å². The monoisotopic (exact) mass is 445 g/mol. The number of likely N-dealkylation sites (tertiary alicyclic amines) is 1. The van der Waals surface area contributed by atoms with E-state index in [4.69, 9.17) is 9.84 Å². The van der Waals surface area contributed by atoms with E-state index in [0.29, 0.717) is 26.1 Å². The summed E-state index contributed by atoms with van der Waals surface area (Å²) >= 11 is 0.